The SMILES string of the molecule is CCNC(CCOc1cccc(C)c1)Cc1cncs1. The Balaban J connectivity index is 1.80. The number of aromatic nitrogens is 1. The van der Waals surface area contributed by atoms with Crippen molar-refractivity contribution >= 4 is 11.3 Å². The second-order valence-corrected chi connectivity index (χ2v) is 5.85. The molecule has 108 valence electrons. The van der Waals surface area contributed by atoms with E-state index in [0.29, 0.717) is 6.04 Å². The Labute approximate surface area is 125 Å². The number of hydrogen-bond donors (Lipinski definition) is 1. The lowest BCUT2D eigenvalue weighted by Gasteiger charge is -2.17. The highest BCUT2D eigenvalue weighted by atomic mass is 32.1. The van der Waals surface area contributed by atoms with Gasteiger partial charge in [0.15, 0.2) is 0 Å². The van der Waals surface area contributed by atoms with Crippen LogP contribution in [0.5, 0.6) is 5.75 Å². The Morgan fingerprint density at radius 2 is 2.30 bits per heavy atom. The van der Waals surface area contributed by atoms with Crippen molar-refractivity contribution in [3.8, 4) is 5.75 Å². The van der Waals surface area contributed by atoms with E-state index in [-0.39, 0.29) is 0 Å². The Kier molecular flexibility index (Phi) is 6.02. The zero-order chi connectivity index (χ0) is 14.2. The lowest BCUT2D eigenvalue weighted by molar-refractivity contribution is 0.286. The van der Waals surface area contributed by atoms with Crippen molar-refractivity contribution in [1.82, 2.24) is 10.3 Å². The molecule has 2 rings (SSSR count). The molecular weight excluding hydrogens is 268 g/mol. The van der Waals surface area contributed by atoms with Crippen LogP contribution in [0.25, 0.3) is 0 Å². The van der Waals surface area contributed by atoms with Gasteiger partial charge in [-0.05, 0) is 44.0 Å². The minimum atomic E-state index is 0.449. The highest BCUT2D eigenvalue weighted by molar-refractivity contribution is 7.09. The lowest BCUT2D eigenvalue weighted by Crippen LogP contribution is -2.32. The largest absolute Gasteiger partial charge is 0.494 e. The van der Waals surface area contributed by atoms with E-state index in [0.717, 1.165) is 31.7 Å². The van der Waals surface area contributed by atoms with Crippen LogP contribution in [-0.4, -0.2) is 24.2 Å². The van der Waals surface area contributed by atoms with Gasteiger partial charge in [0.1, 0.15) is 5.75 Å². The van der Waals surface area contributed by atoms with E-state index in [1.807, 2.05) is 23.8 Å². The average Bonchev–Trinajstić information content (AvgIpc) is 2.92. The molecule has 0 aliphatic rings. The van der Waals surface area contributed by atoms with Crippen molar-refractivity contribution in [1.29, 1.82) is 0 Å². The average molecular weight is 290 g/mol. The third kappa shape index (κ3) is 4.94. The first kappa shape index (κ1) is 15.0. The van der Waals surface area contributed by atoms with Crippen molar-refractivity contribution in [2.24, 2.45) is 0 Å². The fraction of sp³-hybridized carbons (Fsp3) is 0.438. The summed E-state index contributed by atoms with van der Waals surface area (Å²) in [7, 11) is 0. The number of likely N-dealkylation sites (N-methyl/N-ethyl adjacent to an activating group) is 1. The van der Waals surface area contributed by atoms with Crippen molar-refractivity contribution in [3.05, 3.63) is 46.4 Å². The first-order valence-electron chi connectivity index (χ1n) is 7.08. The molecule has 0 fully saturated rings. The van der Waals surface area contributed by atoms with Crippen molar-refractivity contribution in [3.63, 3.8) is 0 Å². The Hall–Kier alpha value is -1.39. The summed E-state index contributed by atoms with van der Waals surface area (Å²) in [5.74, 6) is 0.957. The van der Waals surface area contributed by atoms with E-state index < -0.39 is 0 Å². The Morgan fingerprint density at radius 3 is 3.00 bits per heavy atom. The van der Waals surface area contributed by atoms with Gasteiger partial charge in [0, 0.05) is 17.1 Å². The predicted octanol–water partition coefficient (Wildman–Crippen LogP) is 3.44. The lowest BCUT2D eigenvalue weighted by atomic mass is 10.1. The molecule has 3 nitrogen and oxygen atoms in total. The quantitative estimate of drug-likeness (QED) is 0.808. The van der Waals surface area contributed by atoms with Crippen molar-refractivity contribution in [2.75, 3.05) is 13.2 Å². The number of benzene rings is 1. The predicted molar refractivity (Wildman–Crippen MR) is 84.6 cm³/mol. The molecule has 0 spiro atoms. The van der Waals surface area contributed by atoms with Gasteiger partial charge in [0.2, 0.25) is 0 Å². The van der Waals surface area contributed by atoms with E-state index in [2.05, 4.69) is 36.3 Å². The van der Waals surface area contributed by atoms with Crippen LogP contribution in [0.2, 0.25) is 0 Å². The van der Waals surface area contributed by atoms with Gasteiger partial charge in [0.25, 0.3) is 0 Å². The van der Waals surface area contributed by atoms with Crippen LogP contribution in [-0.2, 0) is 6.42 Å². The minimum absolute atomic E-state index is 0.449. The first-order chi connectivity index (χ1) is 9.78. The van der Waals surface area contributed by atoms with E-state index in [4.69, 9.17) is 4.74 Å². The fourth-order valence-corrected chi connectivity index (χ4v) is 2.85. The number of rotatable bonds is 8. The topological polar surface area (TPSA) is 34.1 Å². The van der Waals surface area contributed by atoms with Crippen LogP contribution in [0, 0.1) is 6.92 Å². The summed E-state index contributed by atoms with van der Waals surface area (Å²) in [5, 5.41) is 3.52. The molecule has 0 aliphatic carbocycles. The van der Waals surface area contributed by atoms with Crippen LogP contribution in [0.15, 0.2) is 36.0 Å². The number of ether oxygens (including phenoxy) is 1. The van der Waals surface area contributed by atoms with Crippen molar-refractivity contribution < 1.29 is 4.74 Å². The van der Waals surface area contributed by atoms with Crippen LogP contribution >= 0.6 is 11.3 Å². The first-order valence-corrected chi connectivity index (χ1v) is 7.96. The van der Waals surface area contributed by atoms with Crippen molar-refractivity contribution in [2.45, 2.75) is 32.7 Å². The summed E-state index contributed by atoms with van der Waals surface area (Å²) in [4.78, 5) is 5.46. The number of hydrogen-bond acceptors (Lipinski definition) is 4. The second kappa shape index (κ2) is 8.02. The molecule has 0 bridgehead atoms. The summed E-state index contributed by atoms with van der Waals surface area (Å²) in [6.45, 7) is 5.94. The summed E-state index contributed by atoms with van der Waals surface area (Å²) in [6, 6.07) is 8.65. The Morgan fingerprint density at radius 1 is 1.40 bits per heavy atom. The molecule has 1 heterocycles. The van der Waals surface area contributed by atoms with Gasteiger partial charge >= 0.3 is 0 Å². The molecule has 0 aliphatic heterocycles. The highest BCUT2D eigenvalue weighted by Crippen LogP contribution is 2.14. The van der Waals surface area contributed by atoms with E-state index >= 15 is 0 Å². The second-order valence-electron chi connectivity index (χ2n) is 4.88. The fourth-order valence-electron chi connectivity index (χ4n) is 2.17. The molecule has 0 amide bonds. The summed E-state index contributed by atoms with van der Waals surface area (Å²) in [5.41, 5.74) is 3.12. The molecule has 2 aromatic rings. The van der Waals surface area contributed by atoms with E-state index in [1.54, 1.807) is 11.3 Å². The number of nitrogens with one attached hydrogen (secondary N) is 1. The minimum Gasteiger partial charge on any atom is -0.494 e. The van der Waals surface area contributed by atoms with Gasteiger partial charge in [-0.3, -0.25) is 4.98 Å². The van der Waals surface area contributed by atoms with E-state index in [1.165, 1.54) is 10.4 Å². The van der Waals surface area contributed by atoms with Gasteiger partial charge in [-0.15, -0.1) is 11.3 Å². The molecule has 1 unspecified atom stereocenters. The molecule has 1 aromatic heterocycles. The zero-order valence-corrected chi connectivity index (χ0v) is 13.0. The highest BCUT2D eigenvalue weighted by Gasteiger charge is 2.09. The normalized spacial score (nSPS) is 12.3. The summed E-state index contributed by atoms with van der Waals surface area (Å²) < 4.78 is 5.83. The van der Waals surface area contributed by atoms with Crippen LogP contribution < -0.4 is 10.1 Å². The van der Waals surface area contributed by atoms with Gasteiger partial charge in [-0.2, -0.15) is 0 Å². The standard InChI is InChI=1S/C16H22N2OS/c1-3-18-14(10-16-11-17-12-20-16)7-8-19-15-6-4-5-13(2)9-15/h4-6,9,11-12,14,18H,3,7-8,10H2,1-2H3. The Bertz CT molecular complexity index is 499. The molecule has 0 radical (unpaired) electrons. The van der Waals surface area contributed by atoms with Gasteiger partial charge in [0.05, 0.1) is 12.1 Å². The van der Waals surface area contributed by atoms with Crippen LogP contribution in [0.1, 0.15) is 23.8 Å². The van der Waals surface area contributed by atoms with Crippen LogP contribution in [0.4, 0.5) is 0 Å². The zero-order valence-electron chi connectivity index (χ0n) is 12.1. The monoisotopic (exact) mass is 290 g/mol. The van der Waals surface area contributed by atoms with Crippen LogP contribution in [0.3, 0.4) is 0 Å². The van der Waals surface area contributed by atoms with Gasteiger partial charge in [-0.25, -0.2) is 0 Å². The molecule has 1 atom stereocenters. The molecule has 4 heteroatoms. The number of thiazole rings is 1. The molecule has 0 saturated carbocycles. The molecular formula is C16H22N2OS. The maximum Gasteiger partial charge on any atom is 0.119 e. The molecule has 1 N–H and O–H groups in total. The molecule has 1 aromatic carbocycles. The number of nitrogens with zero attached hydrogens (tertiary/aromatic N) is 1. The summed E-state index contributed by atoms with van der Waals surface area (Å²) >= 11 is 1.72. The smallest absolute Gasteiger partial charge is 0.119 e. The third-order valence-electron chi connectivity index (χ3n) is 3.15. The number of aryl methyl sites for hydroxylation is 1. The maximum atomic E-state index is 5.83. The molecule has 20 heavy (non-hydrogen) atoms. The maximum absolute atomic E-state index is 5.83. The third-order valence-corrected chi connectivity index (χ3v) is 3.95. The van der Waals surface area contributed by atoms with Gasteiger partial charge in [-0.1, -0.05) is 19.1 Å². The summed E-state index contributed by atoms with van der Waals surface area (Å²) in [6.07, 6.45) is 3.98. The molecule has 0 saturated heterocycles. The van der Waals surface area contributed by atoms with E-state index in [9.17, 15) is 0 Å². The van der Waals surface area contributed by atoms with Gasteiger partial charge < -0.3 is 10.1 Å².